The average molecular weight is 304 g/mol. The molecule has 100 valence electrons. The van der Waals surface area contributed by atoms with Crippen molar-refractivity contribution >= 4 is 35.5 Å². The lowest BCUT2D eigenvalue weighted by Crippen LogP contribution is -2.05. The first kappa shape index (κ1) is 13.1. The zero-order chi connectivity index (χ0) is 14.3. The van der Waals surface area contributed by atoms with Crippen LogP contribution in [0.25, 0.3) is 0 Å². The highest BCUT2D eigenvalue weighted by molar-refractivity contribution is 8.05. The minimum atomic E-state index is -1.01. The molecule has 0 bridgehead atoms. The number of carboxylic acids is 2. The van der Waals surface area contributed by atoms with Gasteiger partial charge in [-0.15, -0.1) is 0 Å². The lowest BCUT2D eigenvalue weighted by molar-refractivity contribution is 0.0683. The zero-order valence-corrected chi connectivity index (χ0v) is 11.6. The molecule has 2 aromatic rings. The predicted molar refractivity (Wildman–Crippen MR) is 75.0 cm³/mol. The summed E-state index contributed by atoms with van der Waals surface area (Å²) in [5.41, 5.74) is 0.400. The maximum atomic E-state index is 11.3. The Hall–Kier alpha value is -1.92. The van der Waals surface area contributed by atoms with Gasteiger partial charge in [-0.1, -0.05) is 35.7 Å². The molecule has 0 fully saturated rings. The van der Waals surface area contributed by atoms with E-state index in [0.717, 1.165) is 9.79 Å². The molecule has 1 heterocycles. The summed E-state index contributed by atoms with van der Waals surface area (Å²) in [6, 6.07) is 10.1. The summed E-state index contributed by atoms with van der Waals surface area (Å²) in [6.45, 7) is 0. The second-order valence-corrected chi connectivity index (χ2v) is 6.18. The van der Waals surface area contributed by atoms with Crippen LogP contribution in [0, 0.1) is 0 Å². The van der Waals surface area contributed by atoms with Gasteiger partial charge in [-0.05, 0) is 24.3 Å². The molecule has 0 radical (unpaired) electrons. The third-order valence-electron chi connectivity index (χ3n) is 2.84. The Labute approximate surface area is 122 Å². The average Bonchev–Trinajstić information content (AvgIpc) is 2.43. The molecular formula is C14H8O4S2. The summed E-state index contributed by atoms with van der Waals surface area (Å²) in [6.07, 6.45) is 0. The van der Waals surface area contributed by atoms with Gasteiger partial charge in [0.15, 0.2) is 0 Å². The molecule has 0 aromatic heterocycles. The van der Waals surface area contributed by atoms with Crippen molar-refractivity contribution in [2.24, 2.45) is 0 Å². The second-order valence-electron chi connectivity index (χ2n) is 4.08. The Balaban J connectivity index is 2.18. The van der Waals surface area contributed by atoms with Crippen LogP contribution in [0.4, 0.5) is 0 Å². The molecule has 2 aromatic carbocycles. The molecule has 0 spiro atoms. The van der Waals surface area contributed by atoms with E-state index in [-0.39, 0.29) is 11.1 Å². The molecule has 2 N–H and O–H groups in total. The van der Waals surface area contributed by atoms with E-state index in [0.29, 0.717) is 9.79 Å². The lowest BCUT2D eigenvalue weighted by atomic mass is 10.2. The van der Waals surface area contributed by atoms with E-state index in [2.05, 4.69) is 0 Å². The van der Waals surface area contributed by atoms with Gasteiger partial charge in [0.2, 0.25) is 0 Å². The fraction of sp³-hybridized carbons (Fsp3) is 0. The van der Waals surface area contributed by atoms with Crippen molar-refractivity contribution in [1.29, 1.82) is 0 Å². The minimum Gasteiger partial charge on any atom is -0.478 e. The van der Waals surface area contributed by atoms with Gasteiger partial charge in [-0.2, -0.15) is 0 Å². The van der Waals surface area contributed by atoms with Crippen molar-refractivity contribution in [2.45, 2.75) is 19.6 Å². The molecule has 1 aliphatic heterocycles. The molecule has 0 unspecified atom stereocenters. The molecule has 1 aliphatic rings. The van der Waals surface area contributed by atoms with E-state index in [1.807, 2.05) is 12.1 Å². The van der Waals surface area contributed by atoms with Crippen molar-refractivity contribution in [3.8, 4) is 0 Å². The smallest absolute Gasteiger partial charge is 0.336 e. The lowest BCUT2D eigenvalue weighted by Gasteiger charge is -2.20. The Morgan fingerprint density at radius 3 is 1.60 bits per heavy atom. The normalized spacial score (nSPS) is 12.4. The summed E-state index contributed by atoms with van der Waals surface area (Å²) in [5.74, 6) is -2.02. The van der Waals surface area contributed by atoms with Gasteiger partial charge in [0.25, 0.3) is 0 Å². The first-order valence-electron chi connectivity index (χ1n) is 5.66. The molecule has 0 saturated heterocycles. The van der Waals surface area contributed by atoms with Gasteiger partial charge in [0, 0.05) is 19.6 Å². The monoisotopic (exact) mass is 304 g/mol. The molecule has 0 saturated carbocycles. The highest BCUT2D eigenvalue weighted by atomic mass is 32.2. The summed E-state index contributed by atoms with van der Waals surface area (Å²) >= 11 is 2.61. The Morgan fingerprint density at radius 1 is 0.750 bits per heavy atom. The third-order valence-corrected chi connectivity index (χ3v) is 5.51. The van der Waals surface area contributed by atoms with E-state index in [4.69, 9.17) is 0 Å². The topological polar surface area (TPSA) is 74.6 Å². The molecule has 0 atom stereocenters. The SMILES string of the molecule is O=C(O)c1cccc2c1Sc1c(cccc1C(=O)O)S2. The van der Waals surface area contributed by atoms with Crippen LogP contribution in [-0.2, 0) is 0 Å². The zero-order valence-electron chi connectivity index (χ0n) is 9.99. The minimum absolute atomic E-state index is 0.200. The number of aromatic carboxylic acids is 2. The highest BCUT2D eigenvalue weighted by Crippen LogP contribution is 2.50. The maximum Gasteiger partial charge on any atom is 0.336 e. The number of carboxylic acid groups (broad SMARTS) is 2. The largest absolute Gasteiger partial charge is 0.478 e. The number of fused-ring (bicyclic) bond motifs is 2. The first-order chi connectivity index (χ1) is 9.58. The molecule has 20 heavy (non-hydrogen) atoms. The van der Waals surface area contributed by atoms with E-state index in [1.165, 1.54) is 35.7 Å². The maximum absolute atomic E-state index is 11.3. The molecule has 3 rings (SSSR count). The van der Waals surface area contributed by atoms with Gasteiger partial charge < -0.3 is 10.2 Å². The fourth-order valence-corrected chi connectivity index (χ4v) is 4.47. The Bertz CT molecular complexity index is 678. The number of hydrogen-bond donors (Lipinski definition) is 2. The molecule has 0 amide bonds. The van der Waals surface area contributed by atoms with Crippen molar-refractivity contribution in [1.82, 2.24) is 0 Å². The van der Waals surface area contributed by atoms with Crippen molar-refractivity contribution in [3.63, 3.8) is 0 Å². The number of rotatable bonds is 2. The molecular weight excluding hydrogens is 296 g/mol. The predicted octanol–water partition coefficient (Wildman–Crippen LogP) is 3.70. The van der Waals surface area contributed by atoms with Gasteiger partial charge in [-0.25, -0.2) is 9.59 Å². The van der Waals surface area contributed by atoms with E-state index in [1.54, 1.807) is 12.1 Å². The molecule has 6 heteroatoms. The summed E-state index contributed by atoms with van der Waals surface area (Å²) < 4.78 is 0. The first-order valence-corrected chi connectivity index (χ1v) is 7.29. The van der Waals surface area contributed by atoms with Crippen LogP contribution >= 0.6 is 23.5 Å². The van der Waals surface area contributed by atoms with Crippen LogP contribution in [0.5, 0.6) is 0 Å². The van der Waals surface area contributed by atoms with Crippen molar-refractivity contribution in [3.05, 3.63) is 47.5 Å². The van der Waals surface area contributed by atoms with Gasteiger partial charge >= 0.3 is 11.9 Å². The van der Waals surface area contributed by atoms with Crippen LogP contribution in [0.1, 0.15) is 20.7 Å². The number of carbonyl (C=O) groups is 2. The van der Waals surface area contributed by atoms with Crippen LogP contribution in [0.3, 0.4) is 0 Å². The van der Waals surface area contributed by atoms with Crippen LogP contribution in [0.2, 0.25) is 0 Å². The van der Waals surface area contributed by atoms with Crippen LogP contribution in [-0.4, -0.2) is 22.2 Å². The van der Waals surface area contributed by atoms with Crippen LogP contribution < -0.4 is 0 Å². The summed E-state index contributed by atoms with van der Waals surface area (Å²) in [4.78, 5) is 25.4. The number of benzene rings is 2. The van der Waals surface area contributed by atoms with Crippen molar-refractivity contribution in [2.75, 3.05) is 0 Å². The van der Waals surface area contributed by atoms with Gasteiger partial charge in [0.1, 0.15) is 0 Å². The Kier molecular flexibility index (Phi) is 3.19. The Morgan fingerprint density at radius 2 is 1.20 bits per heavy atom. The quantitative estimate of drug-likeness (QED) is 0.752. The van der Waals surface area contributed by atoms with E-state index in [9.17, 15) is 19.8 Å². The van der Waals surface area contributed by atoms with Crippen LogP contribution in [0.15, 0.2) is 56.0 Å². The second kappa shape index (κ2) is 4.88. The van der Waals surface area contributed by atoms with E-state index >= 15 is 0 Å². The molecule has 4 nitrogen and oxygen atoms in total. The fourth-order valence-electron chi connectivity index (χ4n) is 1.96. The van der Waals surface area contributed by atoms with Gasteiger partial charge in [-0.3, -0.25) is 0 Å². The van der Waals surface area contributed by atoms with Crippen molar-refractivity contribution < 1.29 is 19.8 Å². The summed E-state index contributed by atoms with van der Waals surface area (Å²) in [5, 5.41) is 18.5. The number of hydrogen-bond acceptors (Lipinski definition) is 4. The summed E-state index contributed by atoms with van der Waals surface area (Å²) in [7, 11) is 0. The highest BCUT2D eigenvalue weighted by Gasteiger charge is 2.25. The molecule has 0 aliphatic carbocycles. The standard InChI is InChI=1S/C14H8O4S2/c15-13(16)7-3-1-5-9-11(7)20-12-8(14(17)18)4-2-6-10(12)19-9/h1-6H,(H,15,16)(H,17,18). The third kappa shape index (κ3) is 2.07. The van der Waals surface area contributed by atoms with Gasteiger partial charge in [0.05, 0.1) is 11.1 Å². The van der Waals surface area contributed by atoms with E-state index < -0.39 is 11.9 Å².